The van der Waals surface area contributed by atoms with Crippen LogP contribution in [0.3, 0.4) is 0 Å². The first kappa shape index (κ1) is 74.4. The van der Waals surface area contributed by atoms with Crippen molar-refractivity contribution >= 4 is 5.91 Å². The Bertz CT molecular complexity index is 1520. The highest BCUT2D eigenvalue weighted by Gasteiger charge is 2.44. The van der Waals surface area contributed by atoms with Gasteiger partial charge in [-0.1, -0.05) is 304 Å². The van der Waals surface area contributed by atoms with E-state index in [2.05, 4.69) is 92.1 Å². The number of aliphatic hydroxyl groups excluding tert-OH is 5. The second-order valence-corrected chi connectivity index (χ2v) is 22.9. The molecule has 0 aromatic rings. The minimum atomic E-state index is -1.57. The van der Waals surface area contributed by atoms with Crippen molar-refractivity contribution in [3.63, 3.8) is 0 Å². The van der Waals surface area contributed by atoms with Crippen molar-refractivity contribution in [2.24, 2.45) is 0 Å². The molecule has 6 N–H and O–H groups in total. The van der Waals surface area contributed by atoms with Crippen LogP contribution in [0, 0.1) is 0 Å². The number of hydrogen-bond donors (Lipinski definition) is 6. The van der Waals surface area contributed by atoms with E-state index in [0.29, 0.717) is 6.42 Å². The normalized spacial score (nSPS) is 19.1. The van der Waals surface area contributed by atoms with Crippen LogP contribution in [0.4, 0.5) is 0 Å². The number of allylic oxidation sites excluding steroid dienone is 13. The molecule has 458 valence electrons. The molecular weight excluding hydrogens is 983 g/mol. The molecule has 0 aliphatic carbocycles. The Morgan fingerprint density at radius 3 is 1.16 bits per heavy atom. The van der Waals surface area contributed by atoms with Crippen LogP contribution in [0.25, 0.3) is 0 Å². The van der Waals surface area contributed by atoms with E-state index in [1.54, 1.807) is 6.08 Å². The maximum Gasteiger partial charge on any atom is 0.220 e. The molecule has 1 aliphatic rings. The average Bonchev–Trinajstić information content (AvgIpc) is 3.47. The fourth-order valence-electron chi connectivity index (χ4n) is 10.3. The molecule has 1 aliphatic heterocycles. The lowest BCUT2D eigenvalue weighted by molar-refractivity contribution is -0.302. The van der Waals surface area contributed by atoms with Crippen molar-refractivity contribution in [1.29, 1.82) is 0 Å². The Balaban J connectivity index is 2.13. The second kappa shape index (κ2) is 58.6. The summed E-state index contributed by atoms with van der Waals surface area (Å²) in [4.78, 5) is 13.1. The van der Waals surface area contributed by atoms with Gasteiger partial charge < -0.3 is 40.3 Å². The van der Waals surface area contributed by atoms with E-state index in [1.165, 1.54) is 199 Å². The Morgan fingerprint density at radius 2 is 0.785 bits per heavy atom. The van der Waals surface area contributed by atoms with Crippen molar-refractivity contribution in [2.45, 2.75) is 339 Å². The number of rotatable bonds is 57. The third kappa shape index (κ3) is 47.6. The Morgan fingerprint density at radius 1 is 0.443 bits per heavy atom. The number of amides is 1. The van der Waals surface area contributed by atoms with Crippen LogP contribution < -0.4 is 5.32 Å². The summed E-state index contributed by atoms with van der Waals surface area (Å²) in [7, 11) is 0. The topological polar surface area (TPSA) is 149 Å². The van der Waals surface area contributed by atoms with E-state index < -0.39 is 49.5 Å². The first-order valence-electron chi connectivity index (χ1n) is 33.3. The van der Waals surface area contributed by atoms with Crippen LogP contribution in [0.2, 0.25) is 0 Å². The van der Waals surface area contributed by atoms with Gasteiger partial charge in [-0.3, -0.25) is 4.79 Å². The summed E-state index contributed by atoms with van der Waals surface area (Å²) in [5.74, 6) is -0.175. The molecule has 7 unspecified atom stereocenters. The Labute approximate surface area is 486 Å². The monoisotopic (exact) mass is 1110 g/mol. The molecule has 79 heavy (non-hydrogen) atoms. The number of nitrogens with one attached hydrogen (secondary N) is 1. The molecule has 1 rings (SSSR count). The molecule has 9 nitrogen and oxygen atoms in total. The van der Waals surface area contributed by atoms with Crippen LogP contribution in [0.1, 0.15) is 296 Å². The first-order chi connectivity index (χ1) is 38.8. The van der Waals surface area contributed by atoms with Gasteiger partial charge in [0.1, 0.15) is 24.4 Å². The van der Waals surface area contributed by atoms with E-state index in [-0.39, 0.29) is 12.5 Å². The van der Waals surface area contributed by atoms with Gasteiger partial charge in [0, 0.05) is 6.42 Å². The minimum absolute atomic E-state index is 0.175. The molecule has 0 saturated carbocycles. The average molecular weight is 1110 g/mol. The van der Waals surface area contributed by atoms with E-state index in [9.17, 15) is 30.3 Å². The molecule has 0 aromatic carbocycles. The van der Waals surface area contributed by atoms with Gasteiger partial charge in [-0.25, -0.2) is 0 Å². The third-order valence-electron chi connectivity index (χ3n) is 15.5. The number of unbranched alkanes of at least 4 members (excludes halogenated alkanes) is 35. The standard InChI is InChI=1S/C70H125NO8/c1-3-5-7-9-11-13-15-17-19-21-23-25-26-27-28-29-30-31-32-33-34-35-36-37-38-40-42-44-46-48-50-52-54-56-58-60-66(74)71-63(62-78-70-69(77)68(76)67(75)65(61-72)79-70)64(73)59-57-55-53-51-49-47-45-43-41-39-24-22-20-18-16-14-12-10-8-6-4-2/h5,7,11,13,17,19,23,25,27-28,30-31,57,59,63-65,67-70,72-73,75-77H,3-4,6,8-10,12,14-16,18,20-22,24,26,29,32-56,58,60-62H2,1-2H3,(H,71,74)/b7-5-,13-11-,19-17-,25-23-,28-27-,31-30-,59-57+. The molecular formula is C70H125NO8. The quantitative estimate of drug-likeness (QED) is 0.0261. The highest BCUT2D eigenvalue weighted by Crippen LogP contribution is 2.23. The second-order valence-electron chi connectivity index (χ2n) is 22.9. The predicted molar refractivity (Wildman–Crippen MR) is 336 cm³/mol. The largest absolute Gasteiger partial charge is 0.394 e. The summed E-state index contributed by atoms with van der Waals surface area (Å²) < 4.78 is 11.3. The molecule has 0 aromatic heterocycles. The van der Waals surface area contributed by atoms with Gasteiger partial charge >= 0.3 is 0 Å². The Kier molecular flexibility index (Phi) is 55.1. The van der Waals surface area contributed by atoms with Gasteiger partial charge in [-0.05, 0) is 70.6 Å². The van der Waals surface area contributed by atoms with Crippen molar-refractivity contribution in [3.8, 4) is 0 Å². The van der Waals surface area contributed by atoms with Gasteiger partial charge in [-0.2, -0.15) is 0 Å². The smallest absolute Gasteiger partial charge is 0.220 e. The maximum atomic E-state index is 13.1. The summed E-state index contributed by atoms with van der Waals surface area (Å²) in [6.45, 7) is 3.69. The molecule has 1 saturated heterocycles. The van der Waals surface area contributed by atoms with E-state index in [1.807, 2.05) is 6.08 Å². The highest BCUT2D eigenvalue weighted by atomic mass is 16.7. The van der Waals surface area contributed by atoms with Crippen LogP contribution in [-0.4, -0.2) is 87.5 Å². The predicted octanol–water partition coefficient (Wildman–Crippen LogP) is 17.7. The third-order valence-corrected chi connectivity index (χ3v) is 15.5. The van der Waals surface area contributed by atoms with Crippen molar-refractivity contribution < 1.29 is 39.8 Å². The first-order valence-corrected chi connectivity index (χ1v) is 33.3. The minimum Gasteiger partial charge on any atom is -0.394 e. The van der Waals surface area contributed by atoms with Crippen molar-refractivity contribution in [2.75, 3.05) is 13.2 Å². The van der Waals surface area contributed by atoms with Crippen molar-refractivity contribution in [3.05, 3.63) is 85.1 Å². The maximum absolute atomic E-state index is 13.1. The molecule has 7 atom stereocenters. The van der Waals surface area contributed by atoms with Gasteiger partial charge in [0.2, 0.25) is 5.91 Å². The summed E-state index contributed by atoms with van der Waals surface area (Å²) in [6.07, 6.45) is 76.7. The SMILES string of the molecule is CC/C=C\C/C=C\C/C=C\C/C=C\C/C=C\C/C=C\CCCCCCCCCCCCCCCCCCC(=O)NC(COC1OC(CO)C(O)C(O)C1O)C(O)/C=C/CCCCCCCCCCCCCCCCCCCCC. The van der Waals surface area contributed by atoms with Crippen molar-refractivity contribution in [1.82, 2.24) is 5.32 Å². The lowest BCUT2D eigenvalue weighted by atomic mass is 9.99. The molecule has 1 fully saturated rings. The number of hydrogen-bond acceptors (Lipinski definition) is 8. The summed E-state index contributed by atoms with van der Waals surface area (Å²) in [5.41, 5.74) is 0. The summed E-state index contributed by atoms with van der Waals surface area (Å²) >= 11 is 0. The zero-order valence-electron chi connectivity index (χ0n) is 51.1. The fraction of sp³-hybridized carbons (Fsp3) is 0.786. The van der Waals surface area contributed by atoms with Crippen LogP contribution in [0.5, 0.6) is 0 Å². The lowest BCUT2D eigenvalue weighted by Crippen LogP contribution is -2.60. The molecule has 1 amide bonds. The fourth-order valence-corrected chi connectivity index (χ4v) is 10.3. The lowest BCUT2D eigenvalue weighted by Gasteiger charge is -2.40. The zero-order valence-corrected chi connectivity index (χ0v) is 51.1. The number of carbonyl (C=O) groups is 1. The molecule has 0 spiro atoms. The number of carbonyl (C=O) groups excluding carboxylic acids is 1. The van der Waals surface area contributed by atoms with Gasteiger partial charge in [0.15, 0.2) is 6.29 Å². The molecule has 9 heteroatoms. The van der Waals surface area contributed by atoms with Gasteiger partial charge in [0.25, 0.3) is 0 Å². The van der Waals surface area contributed by atoms with E-state index >= 15 is 0 Å². The Hall–Kier alpha value is -2.63. The molecule has 0 bridgehead atoms. The summed E-state index contributed by atoms with van der Waals surface area (Å²) in [6, 6.07) is -0.809. The number of ether oxygens (including phenoxy) is 2. The number of aliphatic hydroxyl groups is 5. The van der Waals surface area contributed by atoms with Crippen LogP contribution in [-0.2, 0) is 14.3 Å². The summed E-state index contributed by atoms with van der Waals surface area (Å²) in [5, 5.41) is 54.7. The van der Waals surface area contributed by atoms with E-state index in [0.717, 1.165) is 77.0 Å². The van der Waals surface area contributed by atoms with Gasteiger partial charge in [-0.15, -0.1) is 0 Å². The molecule has 1 heterocycles. The molecule has 0 radical (unpaired) electrons. The zero-order chi connectivity index (χ0) is 57.2. The highest BCUT2D eigenvalue weighted by molar-refractivity contribution is 5.76. The van der Waals surface area contributed by atoms with E-state index in [4.69, 9.17) is 9.47 Å². The van der Waals surface area contributed by atoms with Crippen LogP contribution in [0.15, 0.2) is 85.1 Å². The van der Waals surface area contributed by atoms with Gasteiger partial charge in [0.05, 0.1) is 25.4 Å². The van der Waals surface area contributed by atoms with Crippen LogP contribution >= 0.6 is 0 Å².